The summed E-state index contributed by atoms with van der Waals surface area (Å²) < 4.78 is 10.7. The molecule has 0 saturated carbocycles. The molecule has 128 valence electrons. The Morgan fingerprint density at radius 1 is 1.54 bits per heavy atom. The molecule has 3 heterocycles. The minimum absolute atomic E-state index is 0.119. The van der Waals surface area contributed by atoms with Gasteiger partial charge in [0.15, 0.2) is 5.82 Å². The summed E-state index contributed by atoms with van der Waals surface area (Å²) in [5.74, 6) is 1.69. The highest BCUT2D eigenvalue weighted by Gasteiger charge is 2.45. The maximum Gasteiger partial charge on any atom is 0.253 e. The number of likely N-dealkylation sites (tertiary alicyclic amines) is 1. The largest absolute Gasteiger partial charge is 0.496 e. The summed E-state index contributed by atoms with van der Waals surface area (Å²) in [4.78, 5) is 22.4. The monoisotopic (exact) mass is 331 g/mol. The second-order valence-electron chi connectivity index (χ2n) is 6.06. The summed E-state index contributed by atoms with van der Waals surface area (Å²) >= 11 is 0. The van der Waals surface area contributed by atoms with E-state index in [0.717, 1.165) is 17.9 Å². The molecule has 1 unspecified atom stereocenters. The number of hydrogen-bond acceptors (Lipinski definition) is 7. The first-order valence-electron chi connectivity index (χ1n) is 7.81. The Labute approximate surface area is 140 Å². The fourth-order valence-corrected chi connectivity index (χ4v) is 3.16. The Bertz CT molecular complexity index is 732. The highest BCUT2D eigenvalue weighted by Crippen LogP contribution is 2.32. The molecule has 1 N–H and O–H groups in total. The standard InChI is InChI=1S/C16H21N5O3/c1-11-18-15(24-20-11)16(19-12(2)22)5-7-21(10-16)9-13-8-17-6-4-14(13)23-3/h4,6,8H,5,7,9-10H2,1-3H3,(H,19,22). The first-order chi connectivity index (χ1) is 11.5. The minimum atomic E-state index is -0.650. The lowest BCUT2D eigenvalue weighted by Crippen LogP contribution is -2.47. The van der Waals surface area contributed by atoms with Crippen LogP contribution in [0.4, 0.5) is 0 Å². The van der Waals surface area contributed by atoms with Gasteiger partial charge in [0, 0.05) is 44.5 Å². The van der Waals surface area contributed by atoms with Gasteiger partial charge in [-0.1, -0.05) is 5.16 Å². The number of carbonyl (C=O) groups is 1. The summed E-state index contributed by atoms with van der Waals surface area (Å²) in [6.07, 6.45) is 4.21. The number of rotatable bonds is 5. The Kier molecular flexibility index (Phi) is 4.48. The van der Waals surface area contributed by atoms with E-state index in [0.29, 0.717) is 31.2 Å². The quantitative estimate of drug-likeness (QED) is 0.874. The van der Waals surface area contributed by atoms with Gasteiger partial charge in [-0.2, -0.15) is 4.98 Å². The highest BCUT2D eigenvalue weighted by atomic mass is 16.5. The minimum Gasteiger partial charge on any atom is -0.496 e. The zero-order valence-corrected chi connectivity index (χ0v) is 14.1. The Balaban J connectivity index is 1.81. The van der Waals surface area contributed by atoms with Gasteiger partial charge in [-0.15, -0.1) is 0 Å². The fourth-order valence-electron chi connectivity index (χ4n) is 3.16. The number of ether oxygens (including phenoxy) is 1. The van der Waals surface area contributed by atoms with Crippen LogP contribution in [0.3, 0.4) is 0 Å². The summed E-state index contributed by atoms with van der Waals surface area (Å²) in [6, 6.07) is 1.84. The van der Waals surface area contributed by atoms with Gasteiger partial charge >= 0.3 is 0 Å². The molecule has 8 nitrogen and oxygen atoms in total. The van der Waals surface area contributed by atoms with Gasteiger partial charge in [0.1, 0.15) is 11.3 Å². The van der Waals surface area contributed by atoms with E-state index >= 15 is 0 Å². The second-order valence-corrected chi connectivity index (χ2v) is 6.06. The molecule has 1 amide bonds. The first kappa shape index (κ1) is 16.4. The van der Waals surface area contributed by atoms with Crippen LogP contribution in [0, 0.1) is 6.92 Å². The number of carbonyl (C=O) groups excluding carboxylic acids is 1. The number of hydrogen-bond donors (Lipinski definition) is 1. The molecule has 1 aliphatic heterocycles. The number of pyridine rings is 1. The van der Waals surface area contributed by atoms with Crippen molar-refractivity contribution in [3.8, 4) is 5.75 Å². The van der Waals surface area contributed by atoms with Crippen molar-refractivity contribution in [1.29, 1.82) is 0 Å². The van der Waals surface area contributed by atoms with E-state index < -0.39 is 5.54 Å². The molecular weight excluding hydrogens is 310 g/mol. The molecule has 2 aromatic heterocycles. The fraction of sp³-hybridized carbons (Fsp3) is 0.500. The van der Waals surface area contributed by atoms with Crippen LogP contribution in [0.1, 0.15) is 30.6 Å². The second kappa shape index (κ2) is 6.56. The lowest BCUT2D eigenvalue weighted by molar-refractivity contribution is -0.121. The van der Waals surface area contributed by atoms with E-state index in [4.69, 9.17) is 9.26 Å². The zero-order chi connectivity index (χ0) is 17.2. The van der Waals surface area contributed by atoms with Crippen LogP contribution < -0.4 is 10.1 Å². The third-order valence-electron chi connectivity index (χ3n) is 4.17. The van der Waals surface area contributed by atoms with Crippen molar-refractivity contribution in [3.05, 3.63) is 35.7 Å². The van der Waals surface area contributed by atoms with Gasteiger partial charge in [0.05, 0.1) is 7.11 Å². The highest BCUT2D eigenvalue weighted by molar-refractivity contribution is 5.74. The van der Waals surface area contributed by atoms with E-state index in [9.17, 15) is 4.79 Å². The molecule has 1 atom stereocenters. The van der Waals surface area contributed by atoms with Crippen molar-refractivity contribution in [2.75, 3.05) is 20.2 Å². The molecule has 0 aliphatic carbocycles. The topological polar surface area (TPSA) is 93.4 Å². The maximum atomic E-state index is 11.7. The smallest absolute Gasteiger partial charge is 0.253 e. The molecule has 3 rings (SSSR count). The number of nitrogens with zero attached hydrogens (tertiary/aromatic N) is 4. The number of methoxy groups -OCH3 is 1. The lowest BCUT2D eigenvalue weighted by atomic mass is 9.98. The van der Waals surface area contributed by atoms with Crippen LogP contribution in [0.2, 0.25) is 0 Å². The summed E-state index contributed by atoms with van der Waals surface area (Å²) in [6.45, 7) is 5.32. The number of amides is 1. The molecular formula is C16H21N5O3. The van der Waals surface area contributed by atoms with Gasteiger partial charge in [-0.3, -0.25) is 14.7 Å². The zero-order valence-electron chi connectivity index (χ0n) is 14.1. The summed E-state index contributed by atoms with van der Waals surface area (Å²) in [5, 5.41) is 6.87. The van der Waals surface area contributed by atoms with E-state index in [1.54, 1.807) is 26.4 Å². The Morgan fingerprint density at radius 2 is 2.38 bits per heavy atom. The van der Waals surface area contributed by atoms with Crippen LogP contribution >= 0.6 is 0 Å². The van der Waals surface area contributed by atoms with Crippen molar-refractivity contribution in [1.82, 2.24) is 25.3 Å². The number of aryl methyl sites for hydroxylation is 1. The predicted octanol–water partition coefficient (Wildman–Crippen LogP) is 1.02. The molecule has 0 bridgehead atoms. The number of nitrogens with one attached hydrogen (secondary N) is 1. The van der Waals surface area contributed by atoms with Gasteiger partial charge in [-0.05, 0) is 19.4 Å². The maximum absolute atomic E-state index is 11.7. The number of aromatic nitrogens is 3. The molecule has 24 heavy (non-hydrogen) atoms. The van der Waals surface area contributed by atoms with E-state index in [1.165, 1.54) is 6.92 Å². The predicted molar refractivity (Wildman–Crippen MR) is 85.2 cm³/mol. The van der Waals surface area contributed by atoms with Gasteiger partial charge in [0.2, 0.25) is 5.91 Å². The molecule has 1 saturated heterocycles. The molecule has 0 spiro atoms. The average molecular weight is 331 g/mol. The Morgan fingerprint density at radius 3 is 3.04 bits per heavy atom. The van der Waals surface area contributed by atoms with E-state index in [2.05, 4.69) is 25.3 Å². The SMILES string of the molecule is COc1ccncc1CN1CCC(NC(C)=O)(c2nc(C)no2)C1. The summed E-state index contributed by atoms with van der Waals surface area (Å²) in [7, 11) is 1.64. The molecule has 0 radical (unpaired) electrons. The normalized spacial score (nSPS) is 21.0. The van der Waals surface area contributed by atoms with Crippen molar-refractivity contribution in [2.24, 2.45) is 0 Å². The molecule has 1 fully saturated rings. The van der Waals surface area contributed by atoms with Crippen molar-refractivity contribution >= 4 is 5.91 Å². The van der Waals surface area contributed by atoms with Gasteiger partial charge in [-0.25, -0.2) is 0 Å². The van der Waals surface area contributed by atoms with Crippen LogP contribution in [0.25, 0.3) is 0 Å². The van der Waals surface area contributed by atoms with Gasteiger partial charge < -0.3 is 14.6 Å². The van der Waals surface area contributed by atoms with E-state index in [1.807, 2.05) is 6.07 Å². The molecule has 1 aliphatic rings. The van der Waals surface area contributed by atoms with Crippen molar-refractivity contribution < 1.29 is 14.1 Å². The third-order valence-corrected chi connectivity index (χ3v) is 4.17. The van der Waals surface area contributed by atoms with Crippen LogP contribution in [0.5, 0.6) is 5.75 Å². The molecule has 0 aromatic carbocycles. The molecule has 2 aromatic rings. The average Bonchev–Trinajstić information content (AvgIpc) is 3.15. The van der Waals surface area contributed by atoms with Crippen molar-refractivity contribution in [3.63, 3.8) is 0 Å². The van der Waals surface area contributed by atoms with E-state index in [-0.39, 0.29) is 5.91 Å². The van der Waals surface area contributed by atoms with Crippen molar-refractivity contribution in [2.45, 2.75) is 32.4 Å². The molecule has 8 heteroatoms. The Hall–Kier alpha value is -2.48. The lowest BCUT2D eigenvalue weighted by Gasteiger charge is -2.26. The van der Waals surface area contributed by atoms with Gasteiger partial charge in [0.25, 0.3) is 5.89 Å². The van der Waals surface area contributed by atoms with Crippen LogP contribution in [0.15, 0.2) is 23.0 Å². The van der Waals surface area contributed by atoms with Crippen LogP contribution in [-0.4, -0.2) is 46.1 Å². The third kappa shape index (κ3) is 3.23. The first-order valence-corrected chi connectivity index (χ1v) is 7.81. The summed E-state index contributed by atoms with van der Waals surface area (Å²) in [5.41, 5.74) is 0.350. The van der Waals surface area contributed by atoms with Crippen LogP contribution in [-0.2, 0) is 16.9 Å².